The van der Waals surface area contributed by atoms with E-state index < -0.39 is 12.1 Å². The molecule has 13 heteroatoms. The number of carbonyl (C=O) groups excluding carboxylic acids is 1. The minimum Gasteiger partial charge on any atom is -0.475 e. The Hall–Kier alpha value is -3.19. The fourth-order valence-electron chi connectivity index (χ4n) is 3.50. The third-order valence-electron chi connectivity index (χ3n) is 5.07. The van der Waals surface area contributed by atoms with E-state index >= 15 is 0 Å². The Labute approximate surface area is 191 Å². The van der Waals surface area contributed by atoms with Crippen LogP contribution < -0.4 is 15.5 Å². The van der Waals surface area contributed by atoms with Gasteiger partial charge in [0, 0.05) is 39.1 Å². The van der Waals surface area contributed by atoms with Crippen molar-refractivity contribution in [3.63, 3.8) is 0 Å². The zero-order valence-electron chi connectivity index (χ0n) is 18.1. The van der Waals surface area contributed by atoms with E-state index in [-0.39, 0.29) is 11.9 Å². The number of aromatic nitrogens is 3. The lowest BCUT2D eigenvalue weighted by molar-refractivity contribution is -0.192. The molecule has 4 rings (SSSR count). The number of nitrogens with zero attached hydrogens (tertiary/aromatic N) is 4. The first-order valence-electron chi connectivity index (χ1n) is 9.86. The second kappa shape index (κ2) is 9.75. The molecule has 4 heterocycles. The summed E-state index contributed by atoms with van der Waals surface area (Å²) in [6.07, 6.45) is -2.49. The number of alkyl halides is 3. The van der Waals surface area contributed by atoms with Gasteiger partial charge in [0.25, 0.3) is 5.91 Å². The monoisotopic (exact) mass is 484 g/mol. The molecule has 3 aromatic rings. The summed E-state index contributed by atoms with van der Waals surface area (Å²) in [6, 6.07) is 4.18. The van der Waals surface area contributed by atoms with Crippen molar-refractivity contribution in [3.8, 4) is 0 Å². The molecule has 0 aliphatic carbocycles. The van der Waals surface area contributed by atoms with Crippen LogP contribution in [0.2, 0.25) is 0 Å². The van der Waals surface area contributed by atoms with Crippen LogP contribution in [0.25, 0.3) is 11.0 Å². The Kier molecular flexibility index (Phi) is 7.22. The second-order valence-electron chi connectivity index (χ2n) is 7.49. The average molecular weight is 485 g/mol. The summed E-state index contributed by atoms with van der Waals surface area (Å²) in [5, 5.41) is 16.7. The first-order valence-corrected chi connectivity index (χ1v) is 10.7. The van der Waals surface area contributed by atoms with Gasteiger partial charge >= 0.3 is 12.1 Å². The molecule has 3 aromatic heterocycles. The molecule has 0 fully saturated rings. The van der Waals surface area contributed by atoms with Crippen molar-refractivity contribution in [3.05, 3.63) is 40.0 Å². The van der Waals surface area contributed by atoms with Gasteiger partial charge in [-0.15, -0.1) is 11.3 Å². The second-order valence-corrected chi connectivity index (χ2v) is 8.49. The van der Waals surface area contributed by atoms with Crippen LogP contribution >= 0.6 is 11.3 Å². The highest BCUT2D eigenvalue weighted by Gasteiger charge is 2.38. The number of anilines is 1. The highest BCUT2D eigenvalue weighted by atomic mass is 32.1. The lowest BCUT2D eigenvalue weighted by Crippen LogP contribution is -2.38. The number of amides is 1. The summed E-state index contributed by atoms with van der Waals surface area (Å²) in [4.78, 5) is 33.7. The van der Waals surface area contributed by atoms with E-state index in [1.165, 1.54) is 16.8 Å². The Balaban J connectivity index is 0.000000383. The summed E-state index contributed by atoms with van der Waals surface area (Å²) < 4.78 is 33.6. The number of carboxylic acids is 1. The van der Waals surface area contributed by atoms with Gasteiger partial charge in [-0.25, -0.2) is 14.8 Å². The zero-order chi connectivity index (χ0) is 24.3. The van der Waals surface area contributed by atoms with Crippen molar-refractivity contribution < 1.29 is 27.9 Å². The van der Waals surface area contributed by atoms with Crippen molar-refractivity contribution in [2.75, 3.05) is 32.1 Å². The zero-order valence-corrected chi connectivity index (χ0v) is 18.9. The largest absolute Gasteiger partial charge is 0.490 e. The number of aliphatic carboxylic acids is 1. The van der Waals surface area contributed by atoms with Crippen LogP contribution in [0.4, 0.5) is 19.0 Å². The number of hydrogen-bond donors (Lipinski definition) is 3. The van der Waals surface area contributed by atoms with Crippen LogP contribution in [0.15, 0.2) is 23.8 Å². The standard InChI is InChI=1S/C18H22N6OS.C2HF3O2/c1-23(2)16-12-8-14(24(3)17(12)22-10-21-16)18(25)20-9-13-11-5-7-26-15(11)4-6-19-13;3-2(4,5)1(6)7/h5,7-8,10,13,19H,4,6,9H2,1-3H3,(H,20,25);(H,6,7). The van der Waals surface area contributed by atoms with Gasteiger partial charge in [-0.05, 0) is 29.5 Å². The van der Waals surface area contributed by atoms with Crippen molar-refractivity contribution >= 4 is 40.1 Å². The molecule has 0 aromatic carbocycles. The minimum atomic E-state index is -5.08. The lowest BCUT2D eigenvalue weighted by atomic mass is 10.0. The maximum absolute atomic E-state index is 12.8. The summed E-state index contributed by atoms with van der Waals surface area (Å²) in [5.74, 6) is -2.05. The molecule has 1 atom stereocenters. The van der Waals surface area contributed by atoms with E-state index in [0.717, 1.165) is 29.8 Å². The Morgan fingerprint density at radius 2 is 2.06 bits per heavy atom. The maximum atomic E-state index is 12.8. The van der Waals surface area contributed by atoms with Gasteiger partial charge < -0.3 is 25.2 Å². The lowest BCUT2D eigenvalue weighted by Gasteiger charge is -2.24. The summed E-state index contributed by atoms with van der Waals surface area (Å²) in [5.41, 5.74) is 2.65. The van der Waals surface area contributed by atoms with Crippen molar-refractivity contribution in [1.29, 1.82) is 0 Å². The number of thiophene rings is 1. The number of fused-ring (bicyclic) bond motifs is 2. The number of nitrogens with one attached hydrogen (secondary N) is 2. The van der Waals surface area contributed by atoms with Crippen LogP contribution in [-0.4, -0.2) is 64.9 Å². The molecule has 178 valence electrons. The van der Waals surface area contributed by atoms with Gasteiger partial charge in [0.15, 0.2) is 0 Å². The highest BCUT2D eigenvalue weighted by Crippen LogP contribution is 2.27. The molecule has 0 bridgehead atoms. The van der Waals surface area contributed by atoms with Gasteiger partial charge in [-0.3, -0.25) is 4.79 Å². The molecular formula is C20H23F3N6O3S. The Morgan fingerprint density at radius 3 is 2.70 bits per heavy atom. The van der Waals surface area contributed by atoms with Crippen LogP contribution in [0.1, 0.15) is 27.0 Å². The van der Waals surface area contributed by atoms with Crippen molar-refractivity contribution in [2.45, 2.75) is 18.6 Å². The molecule has 1 aliphatic rings. The summed E-state index contributed by atoms with van der Waals surface area (Å²) >= 11 is 1.79. The van der Waals surface area contributed by atoms with E-state index in [0.29, 0.717) is 12.2 Å². The average Bonchev–Trinajstić information content (AvgIpc) is 3.36. The van der Waals surface area contributed by atoms with Gasteiger partial charge in [0.1, 0.15) is 23.5 Å². The first-order chi connectivity index (χ1) is 15.5. The predicted octanol–water partition coefficient (Wildman–Crippen LogP) is 2.35. The number of aryl methyl sites for hydroxylation is 1. The number of hydrogen-bond acceptors (Lipinski definition) is 7. The molecule has 33 heavy (non-hydrogen) atoms. The normalized spacial score (nSPS) is 15.4. The highest BCUT2D eigenvalue weighted by molar-refractivity contribution is 7.10. The van der Waals surface area contributed by atoms with E-state index in [1.54, 1.807) is 11.3 Å². The fourth-order valence-corrected chi connectivity index (χ4v) is 4.44. The molecule has 3 N–H and O–H groups in total. The van der Waals surface area contributed by atoms with E-state index in [4.69, 9.17) is 9.90 Å². The van der Waals surface area contributed by atoms with Crippen LogP contribution in [0, 0.1) is 0 Å². The SMILES string of the molecule is CN(C)c1ncnc2c1cc(C(=O)NCC1NCCc3sccc31)n2C.O=C(O)C(F)(F)F. The fraction of sp³-hybridized carbons (Fsp3) is 0.400. The van der Waals surface area contributed by atoms with Gasteiger partial charge in [0.2, 0.25) is 0 Å². The van der Waals surface area contributed by atoms with E-state index in [2.05, 4.69) is 32.0 Å². The molecule has 0 spiro atoms. The van der Waals surface area contributed by atoms with Crippen molar-refractivity contribution in [1.82, 2.24) is 25.2 Å². The Morgan fingerprint density at radius 1 is 1.36 bits per heavy atom. The molecule has 9 nitrogen and oxygen atoms in total. The van der Waals surface area contributed by atoms with Gasteiger partial charge in [-0.2, -0.15) is 13.2 Å². The van der Waals surface area contributed by atoms with E-state index in [9.17, 15) is 18.0 Å². The van der Waals surface area contributed by atoms with Crippen LogP contribution in [0.5, 0.6) is 0 Å². The maximum Gasteiger partial charge on any atom is 0.490 e. The van der Waals surface area contributed by atoms with Crippen molar-refractivity contribution in [2.24, 2.45) is 7.05 Å². The number of carbonyl (C=O) groups is 2. The van der Waals surface area contributed by atoms with Gasteiger partial charge in [0.05, 0.1) is 11.4 Å². The molecular weight excluding hydrogens is 461 g/mol. The molecule has 1 amide bonds. The summed E-state index contributed by atoms with van der Waals surface area (Å²) in [6.45, 7) is 1.51. The van der Waals surface area contributed by atoms with E-state index in [1.807, 2.05) is 36.7 Å². The van der Waals surface area contributed by atoms with Crippen LogP contribution in [0.3, 0.4) is 0 Å². The van der Waals surface area contributed by atoms with Gasteiger partial charge in [-0.1, -0.05) is 0 Å². The molecule has 1 aliphatic heterocycles. The number of halogens is 3. The topological polar surface area (TPSA) is 112 Å². The molecule has 0 radical (unpaired) electrons. The third kappa shape index (κ3) is 5.42. The number of rotatable bonds is 4. The molecule has 1 unspecified atom stereocenters. The quantitative estimate of drug-likeness (QED) is 0.521. The Bertz CT molecular complexity index is 1160. The third-order valence-corrected chi connectivity index (χ3v) is 6.06. The minimum absolute atomic E-state index is 0.0978. The number of carboxylic acid groups (broad SMARTS) is 1. The van der Waals surface area contributed by atoms with Crippen LogP contribution in [-0.2, 0) is 18.3 Å². The smallest absolute Gasteiger partial charge is 0.475 e. The summed E-state index contributed by atoms with van der Waals surface area (Å²) in [7, 11) is 5.73. The molecule has 0 saturated carbocycles. The predicted molar refractivity (Wildman–Crippen MR) is 118 cm³/mol. The molecule has 0 saturated heterocycles. The first kappa shape index (κ1) is 24.5.